The van der Waals surface area contributed by atoms with Crippen molar-refractivity contribution in [3.63, 3.8) is 0 Å². The predicted molar refractivity (Wildman–Crippen MR) is 83.4 cm³/mol. The van der Waals surface area contributed by atoms with Crippen LogP contribution in [-0.4, -0.2) is 11.5 Å². The number of hydrogen-bond donors (Lipinski definition) is 1. The smallest absolute Gasteiger partial charge is 0.130 e. The number of hydrogen-bond acceptors (Lipinski definition) is 3. The fraction of sp³-hybridized carbons (Fsp3) is 0.353. The molecule has 0 amide bonds. The number of pyridine rings is 1. The third kappa shape index (κ3) is 3.50. The van der Waals surface area contributed by atoms with Crippen molar-refractivity contribution in [2.24, 2.45) is 0 Å². The lowest BCUT2D eigenvalue weighted by molar-refractivity contribution is 0.299. The molecule has 1 aromatic carbocycles. The number of anilines is 1. The molecule has 0 unspecified atom stereocenters. The van der Waals surface area contributed by atoms with Crippen LogP contribution in [-0.2, 0) is 6.61 Å². The Morgan fingerprint density at radius 1 is 1.15 bits per heavy atom. The second kappa shape index (κ2) is 6.42. The molecule has 0 aliphatic rings. The zero-order valence-corrected chi connectivity index (χ0v) is 12.7. The fourth-order valence-electron chi connectivity index (χ4n) is 2.17. The second-order valence-corrected chi connectivity index (χ2v) is 5.06. The maximum absolute atomic E-state index is 5.93. The number of aromatic nitrogens is 1. The van der Waals surface area contributed by atoms with Gasteiger partial charge in [-0.05, 0) is 62.6 Å². The van der Waals surface area contributed by atoms with Gasteiger partial charge >= 0.3 is 0 Å². The maximum Gasteiger partial charge on any atom is 0.130 e. The molecule has 2 aromatic rings. The summed E-state index contributed by atoms with van der Waals surface area (Å²) in [6.07, 6.45) is 1.81. The van der Waals surface area contributed by atoms with E-state index in [0.717, 1.165) is 23.7 Å². The molecule has 0 radical (unpaired) electrons. The number of nitrogens with zero attached hydrogens (tertiary/aromatic N) is 1. The van der Waals surface area contributed by atoms with Crippen molar-refractivity contribution < 1.29 is 4.74 Å². The minimum absolute atomic E-state index is 0.489. The minimum Gasteiger partial charge on any atom is -0.487 e. The van der Waals surface area contributed by atoms with Crippen LogP contribution in [0.3, 0.4) is 0 Å². The fourth-order valence-corrected chi connectivity index (χ4v) is 2.17. The van der Waals surface area contributed by atoms with Gasteiger partial charge in [0.25, 0.3) is 0 Å². The lowest BCUT2D eigenvalue weighted by atomic mass is 10.1. The van der Waals surface area contributed by atoms with Crippen molar-refractivity contribution in [2.75, 3.05) is 11.9 Å². The molecule has 0 saturated carbocycles. The van der Waals surface area contributed by atoms with Gasteiger partial charge in [-0.15, -0.1) is 0 Å². The normalized spacial score (nSPS) is 10.4. The summed E-state index contributed by atoms with van der Waals surface area (Å²) in [5.41, 5.74) is 5.69. The summed E-state index contributed by atoms with van der Waals surface area (Å²) in [5.74, 6) is 0.943. The molecule has 0 atom stereocenters. The molecule has 106 valence electrons. The van der Waals surface area contributed by atoms with Gasteiger partial charge in [0.2, 0.25) is 0 Å². The molecule has 0 aliphatic heterocycles. The van der Waals surface area contributed by atoms with E-state index in [1.165, 1.54) is 16.7 Å². The summed E-state index contributed by atoms with van der Waals surface area (Å²) < 4.78 is 5.93. The molecular weight excluding hydrogens is 248 g/mol. The van der Waals surface area contributed by atoms with Crippen LogP contribution in [0.15, 0.2) is 30.5 Å². The first kappa shape index (κ1) is 14.4. The number of ether oxygens (including phenoxy) is 1. The molecule has 3 nitrogen and oxygen atoms in total. The number of rotatable bonds is 5. The van der Waals surface area contributed by atoms with Crippen LogP contribution in [0.1, 0.15) is 29.3 Å². The Morgan fingerprint density at radius 2 is 1.95 bits per heavy atom. The maximum atomic E-state index is 5.93. The predicted octanol–water partition coefficient (Wildman–Crippen LogP) is 4.02. The van der Waals surface area contributed by atoms with Gasteiger partial charge in [0, 0.05) is 18.4 Å². The largest absolute Gasteiger partial charge is 0.487 e. The highest BCUT2D eigenvalue weighted by Crippen LogP contribution is 2.24. The molecule has 1 heterocycles. The third-order valence-corrected chi connectivity index (χ3v) is 3.34. The average Bonchev–Trinajstić information content (AvgIpc) is 2.42. The quantitative estimate of drug-likeness (QED) is 0.891. The highest BCUT2D eigenvalue weighted by molar-refractivity contribution is 5.44. The van der Waals surface area contributed by atoms with Crippen molar-refractivity contribution in [3.05, 3.63) is 52.8 Å². The van der Waals surface area contributed by atoms with Crippen LogP contribution < -0.4 is 10.1 Å². The molecule has 0 saturated heterocycles. The van der Waals surface area contributed by atoms with E-state index in [4.69, 9.17) is 4.74 Å². The Bertz CT molecular complexity index is 594. The van der Waals surface area contributed by atoms with Crippen LogP contribution in [0.5, 0.6) is 5.75 Å². The first-order valence-electron chi connectivity index (χ1n) is 6.99. The zero-order valence-electron chi connectivity index (χ0n) is 12.7. The highest BCUT2D eigenvalue weighted by atomic mass is 16.5. The van der Waals surface area contributed by atoms with E-state index in [1.807, 2.05) is 18.3 Å². The monoisotopic (exact) mass is 270 g/mol. The Morgan fingerprint density at radius 3 is 2.70 bits per heavy atom. The summed E-state index contributed by atoms with van der Waals surface area (Å²) in [6.45, 7) is 9.76. The first-order chi connectivity index (χ1) is 9.60. The van der Waals surface area contributed by atoms with Gasteiger partial charge in [0.05, 0.1) is 5.69 Å². The van der Waals surface area contributed by atoms with Gasteiger partial charge < -0.3 is 10.1 Å². The molecule has 3 heteroatoms. The van der Waals surface area contributed by atoms with Crippen molar-refractivity contribution in [1.29, 1.82) is 0 Å². The Hall–Kier alpha value is -2.03. The van der Waals surface area contributed by atoms with Crippen LogP contribution in [0.2, 0.25) is 0 Å². The summed E-state index contributed by atoms with van der Waals surface area (Å²) in [7, 11) is 0. The van der Waals surface area contributed by atoms with E-state index >= 15 is 0 Å². The third-order valence-electron chi connectivity index (χ3n) is 3.34. The Labute approximate surface area is 121 Å². The molecule has 0 fully saturated rings. The van der Waals surface area contributed by atoms with Crippen molar-refractivity contribution >= 4 is 5.69 Å². The molecule has 20 heavy (non-hydrogen) atoms. The lowest BCUT2D eigenvalue weighted by Crippen LogP contribution is -2.03. The van der Waals surface area contributed by atoms with Crippen LogP contribution >= 0.6 is 0 Å². The summed E-state index contributed by atoms with van der Waals surface area (Å²) in [6, 6.07) is 8.25. The van der Waals surface area contributed by atoms with Crippen LogP contribution in [0, 0.1) is 20.8 Å². The number of benzene rings is 1. The van der Waals surface area contributed by atoms with Gasteiger partial charge in [-0.1, -0.05) is 6.07 Å². The Kier molecular flexibility index (Phi) is 4.61. The average molecular weight is 270 g/mol. The van der Waals surface area contributed by atoms with E-state index in [9.17, 15) is 0 Å². The molecule has 1 aromatic heterocycles. The van der Waals surface area contributed by atoms with Crippen molar-refractivity contribution in [3.8, 4) is 5.75 Å². The molecule has 0 aliphatic carbocycles. The van der Waals surface area contributed by atoms with Gasteiger partial charge in [0.1, 0.15) is 12.4 Å². The number of nitrogens with one attached hydrogen (secondary N) is 1. The highest BCUT2D eigenvalue weighted by Gasteiger charge is 2.05. The molecule has 0 spiro atoms. The number of aryl methyl sites for hydroxylation is 2. The summed E-state index contributed by atoms with van der Waals surface area (Å²) in [5, 5.41) is 3.28. The van der Waals surface area contributed by atoms with E-state index in [0.29, 0.717) is 6.61 Å². The molecule has 1 N–H and O–H groups in total. The summed E-state index contributed by atoms with van der Waals surface area (Å²) >= 11 is 0. The van der Waals surface area contributed by atoms with E-state index in [2.05, 4.69) is 50.1 Å². The van der Waals surface area contributed by atoms with Crippen LogP contribution in [0.4, 0.5) is 5.69 Å². The van der Waals surface area contributed by atoms with E-state index < -0.39 is 0 Å². The van der Waals surface area contributed by atoms with Crippen molar-refractivity contribution in [1.82, 2.24) is 4.98 Å². The second-order valence-electron chi connectivity index (χ2n) is 5.06. The van der Waals surface area contributed by atoms with Gasteiger partial charge in [-0.2, -0.15) is 0 Å². The Balaban J connectivity index is 2.10. The van der Waals surface area contributed by atoms with Gasteiger partial charge in [-0.3, -0.25) is 4.98 Å². The molecule has 0 bridgehead atoms. The van der Waals surface area contributed by atoms with Crippen molar-refractivity contribution in [2.45, 2.75) is 34.3 Å². The first-order valence-corrected chi connectivity index (χ1v) is 6.99. The molecular formula is C17H22N2O. The SMILES string of the molecule is CCNc1ccnc(COc2cc(C)cc(C)c2C)c1. The zero-order chi connectivity index (χ0) is 14.5. The lowest BCUT2D eigenvalue weighted by Gasteiger charge is -2.12. The summed E-state index contributed by atoms with van der Waals surface area (Å²) in [4.78, 5) is 4.35. The van der Waals surface area contributed by atoms with E-state index in [-0.39, 0.29) is 0 Å². The van der Waals surface area contributed by atoms with Gasteiger partial charge in [-0.25, -0.2) is 0 Å². The topological polar surface area (TPSA) is 34.2 Å². The van der Waals surface area contributed by atoms with E-state index in [1.54, 1.807) is 0 Å². The minimum atomic E-state index is 0.489. The van der Waals surface area contributed by atoms with Gasteiger partial charge in [0.15, 0.2) is 0 Å². The molecule has 2 rings (SSSR count). The standard InChI is InChI=1S/C17H22N2O/c1-5-18-15-6-7-19-16(10-15)11-20-17-9-12(2)8-13(3)14(17)4/h6-10H,5,11H2,1-4H3,(H,18,19). The van der Waals surface area contributed by atoms with Crippen LogP contribution in [0.25, 0.3) is 0 Å².